The van der Waals surface area contributed by atoms with Gasteiger partial charge in [0, 0.05) is 31.9 Å². The summed E-state index contributed by atoms with van der Waals surface area (Å²) >= 11 is -2.84. The molecule has 1 aromatic heterocycles. The van der Waals surface area contributed by atoms with Gasteiger partial charge in [-0.2, -0.15) is 9.35 Å². The third-order valence-corrected chi connectivity index (χ3v) is 5.74. The summed E-state index contributed by atoms with van der Waals surface area (Å²) in [5.74, 6) is -0.0323. The summed E-state index contributed by atoms with van der Waals surface area (Å²) in [7, 11) is 0. The fraction of sp³-hybridized carbons (Fsp3) is 0.733. The first-order valence-corrected chi connectivity index (χ1v) is 10.4. The van der Waals surface area contributed by atoms with E-state index in [0.29, 0.717) is 25.4 Å². The van der Waals surface area contributed by atoms with Crippen LogP contribution in [0.1, 0.15) is 19.3 Å². The fourth-order valence-electron chi connectivity index (χ4n) is 4.11. The SMILES string of the molecule is O=C(NOC[C@H]1C[C@@H](Cn2ccnn2)CN1)C1CCC2CN1C(=O)N2OS(=O)[O-]. The van der Waals surface area contributed by atoms with Crippen molar-refractivity contribution in [2.45, 2.75) is 43.9 Å². The van der Waals surface area contributed by atoms with Crippen LogP contribution in [0.15, 0.2) is 12.4 Å². The van der Waals surface area contributed by atoms with E-state index in [0.717, 1.165) is 24.6 Å². The third kappa shape index (κ3) is 4.56. The van der Waals surface area contributed by atoms with Crippen LogP contribution < -0.4 is 10.8 Å². The minimum atomic E-state index is -2.84. The molecule has 160 valence electrons. The Bertz CT molecular complexity index is 764. The van der Waals surface area contributed by atoms with Gasteiger partial charge in [0.1, 0.15) is 17.4 Å². The summed E-state index contributed by atoms with van der Waals surface area (Å²) in [5.41, 5.74) is 2.42. The number of hydroxylamine groups is 3. The molecule has 0 spiro atoms. The Morgan fingerprint density at radius 2 is 2.31 bits per heavy atom. The number of urea groups is 1. The number of carbonyl (C=O) groups is 2. The van der Waals surface area contributed by atoms with Crippen molar-refractivity contribution in [3.8, 4) is 0 Å². The summed E-state index contributed by atoms with van der Waals surface area (Å²) in [6.07, 6.45) is 5.20. The van der Waals surface area contributed by atoms with Crippen molar-refractivity contribution >= 4 is 23.3 Å². The Morgan fingerprint density at radius 1 is 1.45 bits per heavy atom. The maximum Gasteiger partial charge on any atom is 0.346 e. The molecule has 3 saturated heterocycles. The molecule has 4 heterocycles. The number of aromatic nitrogens is 3. The second-order valence-electron chi connectivity index (χ2n) is 7.40. The molecule has 0 saturated carbocycles. The Balaban J connectivity index is 1.20. The highest BCUT2D eigenvalue weighted by atomic mass is 32.2. The predicted molar refractivity (Wildman–Crippen MR) is 94.8 cm³/mol. The smallest absolute Gasteiger partial charge is 0.346 e. The van der Waals surface area contributed by atoms with Crippen molar-refractivity contribution in [1.82, 2.24) is 35.8 Å². The van der Waals surface area contributed by atoms with Crippen LogP contribution in [0, 0.1) is 5.92 Å². The van der Waals surface area contributed by atoms with Crippen molar-refractivity contribution in [2.24, 2.45) is 5.92 Å². The van der Waals surface area contributed by atoms with Gasteiger partial charge < -0.3 is 14.8 Å². The second-order valence-corrected chi connectivity index (χ2v) is 7.95. The fourth-order valence-corrected chi connectivity index (χ4v) is 4.43. The van der Waals surface area contributed by atoms with E-state index in [2.05, 4.69) is 25.4 Å². The van der Waals surface area contributed by atoms with E-state index in [1.165, 1.54) is 4.90 Å². The molecule has 0 aliphatic carbocycles. The first-order valence-electron chi connectivity index (χ1n) is 9.38. The minimum Gasteiger partial charge on any atom is -0.748 e. The van der Waals surface area contributed by atoms with Gasteiger partial charge in [0.15, 0.2) is 0 Å². The van der Waals surface area contributed by atoms with Crippen LogP contribution in [0.4, 0.5) is 4.79 Å². The molecule has 2 N–H and O–H groups in total. The van der Waals surface area contributed by atoms with Gasteiger partial charge >= 0.3 is 6.03 Å². The van der Waals surface area contributed by atoms with E-state index >= 15 is 0 Å². The molecule has 1 aromatic rings. The molecule has 3 aliphatic rings. The van der Waals surface area contributed by atoms with Crippen molar-refractivity contribution in [3.05, 3.63) is 12.4 Å². The lowest BCUT2D eigenvalue weighted by atomic mass is 10.0. The van der Waals surface area contributed by atoms with Crippen LogP contribution >= 0.6 is 0 Å². The number of hydrogen-bond acceptors (Lipinski definition) is 9. The molecular weight excluding hydrogens is 406 g/mol. The summed E-state index contributed by atoms with van der Waals surface area (Å²) in [6, 6.07) is -1.63. The molecule has 2 bridgehead atoms. The summed E-state index contributed by atoms with van der Waals surface area (Å²) in [4.78, 5) is 31.4. The molecule has 3 fully saturated rings. The van der Waals surface area contributed by atoms with Gasteiger partial charge in [-0.25, -0.2) is 14.5 Å². The lowest BCUT2D eigenvalue weighted by molar-refractivity contribution is -0.139. The normalized spacial score (nSPS) is 30.0. The molecule has 0 radical (unpaired) electrons. The van der Waals surface area contributed by atoms with Crippen molar-refractivity contribution in [2.75, 3.05) is 19.7 Å². The van der Waals surface area contributed by atoms with Crippen LogP contribution in [-0.4, -0.2) is 83.5 Å². The van der Waals surface area contributed by atoms with Crippen LogP contribution in [0.2, 0.25) is 0 Å². The highest BCUT2D eigenvalue weighted by Gasteiger charge is 2.48. The first kappa shape index (κ1) is 20.2. The van der Waals surface area contributed by atoms with E-state index in [1.54, 1.807) is 10.9 Å². The molecule has 3 amide bonds. The van der Waals surface area contributed by atoms with Crippen LogP contribution in [-0.2, 0) is 31.8 Å². The lowest BCUT2D eigenvalue weighted by Gasteiger charge is -2.29. The number of piperidine rings is 1. The molecule has 5 atom stereocenters. The zero-order valence-corrected chi connectivity index (χ0v) is 16.3. The summed E-state index contributed by atoms with van der Waals surface area (Å²) < 4.78 is 27.8. The average molecular weight is 428 g/mol. The monoisotopic (exact) mass is 428 g/mol. The first-order chi connectivity index (χ1) is 14.0. The van der Waals surface area contributed by atoms with Gasteiger partial charge in [-0.15, -0.1) is 5.10 Å². The summed E-state index contributed by atoms with van der Waals surface area (Å²) in [6.45, 7) is 2.13. The predicted octanol–water partition coefficient (Wildman–Crippen LogP) is -1.70. The zero-order valence-electron chi connectivity index (χ0n) is 15.5. The van der Waals surface area contributed by atoms with E-state index in [1.807, 2.05) is 6.20 Å². The van der Waals surface area contributed by atoms with Crippen molar-refractivity contribution in [3.63, 3.8) is 0 Å². The molecule has 4 rings (SSSR count). The van der Waals surface area contributed by atoms with Crippen LogP contribution in [0.5, 0.6) is 0 Å². The highest BCUT2D eigenvalue weighted by Crippen LogP contribution is 2.30. The van der Waals surface area contributed by atoms with Crippen molar-refractivity contribution < 1.29 is 27.5 Å². The standard InChI is InChI=1S/C15H23N7O6S/c23-14(13-2-1-12-8-21(13)15(24)22(12)28-29(25)26)18-27-9-11-5-10(6-16-11)7-20-4-3-17-19-20/h3-4,10-13,16H,1-2,5-9H2,(H,18,23)(H,25,26)/p-1/t10-,11-,12?,13?/m1/s1. The van der Waals surface area contributed by atoms with Gasteiger partial charge in [-0.1, -0.05) is 5.21 Å². The van der Waals surface area contributed by atoms with Gasteiger partial charge in [0.05, 0.1) is 18.8 Å². The zero-order chi connectivity index (χ0) is 20.4. The number of nitrogens with one attached hydrogen (secondary N) is 2. The Labute approximate surface area is 169 Å². The molecule has 0 aromatic carbocycles. The number of hydrogen-bond donors (Lipinski definition) is 2. The summed E-state index contributed by atoms with van der Waals surface area (Å²) in [5, 5.41) is 11.9. The Morgan fingerprint density at radius 3 is 3.07 bits per heavy atom. The molecule has 13 nitrogen and oxygen atoms in total. The average Bonchev–Trinajstić information content (AvgIpc) is 3.41. The largest absolute Gasteiger partial charge is 0.748 e. The number of amides is 3. The topological polar surface area (TPSA) is 154 Å². The number of rotatable bonds is 8. The maximum atomic E-state index is 12.5. The molecule has 3 unspecified atom stereocenters. The Kier molecular flexibility index (Phi) is 6.05. The highest BCUT2D eigenvalue weighted by molar-refractivity contribution is 7.74. The van der Waals surface area contributed by atoms with Gasteiger partial charge in [0.25, 0.3) is 5.91 Å². The lowest BCUT2D eigenvalue weighted by Crippen LogP contribution is -2.50. The van der Waals surface area contributed by atoms with Crippen LogP contribution in [0.25, 0.3) is 0 Å². The van der Waals surface area contributed by atoms with E-state index in [-0.39, 0.29) is 18.6 Å². The second kappa shape index (κ2) is 8.71. The Hall–Kier alpha value is -2.13. The van der Waals surface area contributed by atoms with Gasteiger partial charge in [-0.05, 0) is 25.2 Å². The number of nitrogens with zero attached hydrogens (tertiary/aromatic N) is 5. The molecular formula is C15H22N7O6S-. The number of carbonyl (C=O) groups excluding carboxylic acids is 2. The van der Waals surface area contributed by atoms with E-state index in [4.69, 9.17) is 4.84 Å². The van der Waals surface area contributed by atoms with Gasteiger partial charge in [0.2, 0.25) is 0 Å². The third-order valence-electron chi connectivity index (χ3n) is 5.45. The maximum absolute atomic E-state index is 12.5. The molecule has 14 heteroatoms. The van der Waals surface area contributed by atoms with E-state index < -0.39 is 29.3 Å². The quantitative estimate of drug-likeness (QED) is 0.364. The van der Waals surface area contributed by atoms with Gasteiger partial charge in [-0.3, -0.25) is 14.3 Å². The minimum absolute atomic E-state index is 0.101. The van der Waals surface area contributed by atoms with E-state index in [9.17, 15) is 18.4 Å². The molecule has 3 aliphatic heterocycles. The van der Waals surface area contributed by atoms with Crippen molar-refractivity contribution in [1.29, 1.82) is 0 Å². The van der Waals surface area contributed by atoms with Crippen LogP contribution in [0.3, 0.4) is 0 Å². The number of fused-ring (bicyclic) bond motifs is 2. The molecule has 29 heavy (non-hydrogen) atoms.